The smallest absolute Gasteiger partial charge is 0.255 e. The molecule has 0 radical (unpaired) electrons. The highest BCUT2D eigenvalue weighted by Gasteiger charge is 2.60. The Morgan fingerprint density at radius 1 is 0.967 bits per heavy atom. The molecule has 1 N–H and O–H groups in total. The number of anilines is 2. The van der Waals surface area contributed by atoms with Gasteiger partial charge >= 0.3 is 0 Å². The van der Waals surface area contributed by atoms with Gasteiger partial charge in [-0.25, -0.2) is 0 Å². The summed E-state index contributed by atoms with van der Waals surface area (Å²) in [4.78, 5) is 40.1. The number of amides is 3. The van der Waals surface area contributed by atoms with Crippen molar-refractivity contribution in [2.24, 2.45) is 23.7 Å². The van der Waals surface area contributed by atoms with Crippen molar-refractivity contribution in [3.8, 4) is 0 Å². The van der Waals surface area contributed by atoms with Crippen LogP contribution in [0.5, 0.6) is 0 Å². The number of hydrogen-bond donors (Lipinski definition) is 1. The number of nitrogens with zero attached hydrogens (tertiary/aromatic N) is 1. The first-order chi connectivity index (χ1) is 14.4. The zero-order valence-corrected chi connectivity index (χ0v) is 17.3. The molecule has 1 saturated heterocycles. The summed E-state index contributed by atoms with van der Waals surface area (Å²) in [6.07, 6.45) is 3.09. The molecule has 1 heterocycles. The van der Waals surface area contributed by atoms with E-state index in [-0.39, 0.29) is 41.4 Å². The summed E-state index contributed by atoms with van der Waals surface area (Å²) < 4.78 is 0. The molecule has 0 unspecified atom stereocenters. The zero-order chi connectivity index (χ0) is 21.2. The van der Waals surface area contributed by atoms with Crippen molar-refractivity contribution in [3.05, 3.63) is 70.8 Å². The molecule has 2 fully saturated rings. The quantitative estimate of drug-likeness (QED) is 0.618. The molecule has 1 saturated carbocycles. The van der Waals surface area contributed by atoms with Crippen LogP contribution in [0.2, 0.25) is 0 Å². The van der Waals surface area contributed by atoms with Gasteiger partial charge in [0.15, 0.2) is 0 Å². The normalized spacial score (nSPS) is 26.8. The van der Waals surface area contributed by atoms with Gasteiger partial charge in [0.25, 0.3) is 5.91 Å². The molecule has 4 atom stereocenters. The summed E-state index contributed by atoms with van der Waals surface area (Å²) in [6.45, 7) is 6.03. The largest absolute Gasteiger partial charge is 0.322 e. The van der Waals surface area contributed by atoms with Gasteiger partial charge in [-0.05, 0) is 80.5 Å². The molecule has 1 aliphatic heterocycles. The fraction of sp³-hybridized carbons (Fsp3) is 0.320. The minimum atomic E-state index is -0.224. The predicted octanol–water partition coefficient (Wildman–Crippen LogP) is 4.26. The first-order valence-corrected chi connectivity index (χ1v) is 10.4. The highest BCUT2D eigenvalue weighted by Crippen LogP contribution is 2.55. The number of rotatable bonds is 3. The van der Waals surface area contributed by atoms with Crippen LogP contribution in [0, 0.1) is 37.5 Å². The van der Waals surface area contributed by atoms with Crippen molar-refractivity contribution >= 4 is 29.1 Å². The Morgan fingerprint density at radius 3 is 2.40 bits per heavy atom. The van der Waals surface area contributed by atoms with E-state index in [1.165, 1.54) is 10.5 Å². The van der Waals surface area contributed by atoms with Gasteiger partial charge in [0.2, 0.25) is 11.8 Å². The maximum absolute atomic E-state index is 13.1. The summed E-state index contributed by atoms with van der Waals surface area (Å²) in [5, 5.41) is 2.94. The number of benzene rings is 2. The number of allylic oxidation sites excluding steroid dienone is 2. The number of carbonyl (C=O) groups excluding carboxylic acids is 3. The van der Waals surface area contributed by atoms with E-state index in [1.54, 1.807) is 24.3 Å². The number of fused-ring (bicyclic) bond motifs is 5. The van der Waals surface area contributed by atoms with Crippen molar-refractivity contribution in [3.63, 3.8) is 0 Å². The van der Waals surface area contributed by atoms with E-state index in [9.17, 15) is 14.4 Å². The van der Waals surface area contributed by atoms with Gasteiger partial charge in [-0.2, -0.15) is 0 Å². The average Bonchev–Trinajstić information content (AvgIpc) is 3.36. The van der Waals surface area contributed by atoms with Crippen LogP contribution >= 0.6 is 0 Å². The predicted molar refractivity (Wildman–Crippen MR) is 115 cm³/mol. The Kier molecular flexibility index (Phi) is 4.17. The van der Waals surface area contributed by atoms with E-state index in [2.05, 4.69) is 18.3 Å². The fourth-order valence-electron chi connectivity index (χ4n) is 5.37. The number of aryl methyl sites for hydroxylation is 1. The van der Waals surface area contributed by atoms with E-state index in [4.69, 9.17) is 0 Å². The molecule has 3 aliphatic rings. The molecule has 5 nitrogen and oxygen atoms in total. The molecule has 0 aromatic heterocycles. The highest BCUT2D eigenvalue weighted by molar-refractivity contribution is 6.23. The molecule has 2 aliphatic carbocycles. The Hall–Kier alpha value is -3.21. The molecule has 0 spiro atoms. The highest BCUT2D eigenvalue weighted by atomic mass is 16.2. The lowest BCUT2D eigenvalue weighted by Gasteiger charge is -2.19. The zero-order valence-electron chi connectivity index (χ0n) is 17.3. The monoisotopic (exact) mass is 400 g/mol. The van der Waals surface area contributed by atoms with Gasteiger partial charge in [0.1, 0.15) is 0 Å². The second-order valence-corrected chi connectivity index (χ2v) is 8.73. The van der Waals surface area contributed by atoms with Crippen molar-refractivity contribution in [2.45, 2.75) is 27.2 Å². The van der Waals surface area contributed by atoms with Crippen LogP contribution < -0.4 is 10.2 Å². The summed E-state index contributed by atoms with van der Waals surface area (Å²) >= 11 is 0. The summed E-state index contributed by atoms with van der Waals surface area (Å²) in [6, 6.07) is 12.5. The molecule has 3 amide bonds. The first-order valence-electron chi connectivity index (χ1n) is 10.4. The topological polar surface area (TPSA) is 66.5 Å². The van der Waals surface area contributed by atoms with E-state index < -0.39 is 0 Å². The minimum absolute atomic E-state index is 0.0995. The van der Waals surface area contributed by atoms with Crippen molar-refractivity contribution in [1.29, 1.82) is 0 Å². The fourth-order valence-corrected chi connectivity index (χ4v) is 5.37. The Morgan fingerprint density at radius 2 is 1.67 bits per heavy atom. The average molecular weight is 400 g/mol. The van der Waals surface area contributed by atoms with Crippen LogP contribution in [-0.4, -0.2) is 17.7 Å². The maximum atomic E-state index is 13.1. The van der Waals surface area contributed by atoms with Gasteiger partial charge in [0.05, 0.1) is 17.5 Å². The third-order valence-corrected chi connectivity index (χ3v) is 7.12. The van der Waals surface area contributed by atoms with Crippen molar-refractivity contribution in [1.82, 2.24) is 0 Å². The summed E-state index contributed by atoms with van der Waals surface area (Å²) in [7, 11) is 0. The van der Waals surface area contributed by atoms with Gasteiger partial charge in [-0.3, -0.25) is 19.3 Å². The second-order valence-electron chi connectivity index (χ2n) is 8.73. The second kappa shape index (κ2) is 6.66. The molecule has 30 heavy (non-hydrogen) atoms. The lowest BCUT2D eigenvalue weighted by atomic mass is 9.82. The van der Waals surface area contributed by atoms with E-state index in [1.807, 2.05) is 32.0 Å². The minimum Gasteiger partial charge on any atom is -0.322 e. The molecule has 5 heteroatoms. The van der Waals surface area contributed by atoms with Crippen LogP contribution in [0.15, 0.2) is 54.1 Å². The molecule has 2 bridgehead atoms. The molecule has 2 aromatic rings. The van der Waals surface area contributed by atoms with Crippen molar-refractivity contribution < 1.29 is 14.4 Å². The van der Waals surface area contributed by atoms with Gasteiger partial charge < -0.3 is 5.32 Å². The number of carbonyl (C=O) groups is 3. The molecular weight excluding hydrogens is 376 g/mol. The van der Waals surface area contributed by atoms with Crippen LogP contribution in [0.3, 0.4) is 0 Å². The Bertz CT molecular complexity index is 1120. The SMILES string of the molecule is CC1=C[C@@H]2C[C@H]1[C@@H]1C(=O)N(c3ccc(C(=O)Nc4cccc(C)c4C)cc3)C(=O)[C@@H]12. The third-order valence-electron chi connectivity index (χ3n) is 7.12. The van der Waals surface area contributed by atoms with E-state index in [0.717, 1.165) is 23.2 Å². The van der Waals surface area contributed by atoms with Crippen molar-refractivity contribution in [2.75, 3.05) is 10.2 Å². The maximum Gasteiger partial charge on any atom is 0.255 e. The Balaban J connectivity index is 1.36. The molecule has 2 aromatic carbocycles. The van der Waals surface area contributed by atoms with Crippen LogP contribution in [0.25, 0.3) is 0 Å². The van der Waals surface area contributed by atoms with Gasteiger partial charge in [-0.1, -0.05) is 23.8 Å². The standard InChI is InChI=1S/C25H24N2O3/c1-13-5-4-6-20(15(13)3)26-23(28)16-7-9-18(10-8-16)27-24(29)21-17-11-14(2)19(12-17)22(21)25(27)30/h4-11,17,19,21-22H,12H2,1-3H3,(H,26,28)/t17-,19-,21-,22+/m1/s1. The first kappa shape index (κ1) is 18.8. The van der Waals surface area contributed by atoms with Crippen LogP contribution in [-0.2, 0) is 9.59 Å². The summed E-state index contributed by atoms with van der Waals surface area (Å²) in [5.74, 6) is -0.484. The molecular formula is C25H24N2O3. The summed E-state index contributed by atoms with van der Waals surface area (Å²) in [5.41, 5.74) is 5.18. The third kappa shape index (κ3) is 2.65. The number of imide groups is 1. The Labute approximate surface area is 175 Å². The van der Waals surface area contributed by atoms with Gasteiger partial charge in [-0.15, -0.1) is 0 Å². The van der Waals surface area contributed by atoms with Crippen LogP contribution in [0.1, 0.15) is 34.8 Å². The lowest BCUT2D eigenvalue weighted by molar-refractivity contribution is -0.123. The lowest BCUT2D eigenvalue weighted by Crippen LogP contribution is -2.33. The van der Waals surface area contributed by atoms with E-state index >= 15 is 0 Å². The molecule has 5 rings (SSSR count). The van der Waals surface area contributed by atoms with Gasteiger partial charge in [0, 0.05) is 11.3 Å². The number of hydrogen-bond acceptors (Lipinski definition) is 3. The van der Waals surface area contributed by atoms with Crippen LogP contribution in [0.4, 0.5) is 11.4 Å². The van der Waals surface area contributed by atoms with E-state index in [0.29, 0.717) is 11.3 Å². The molecule has 152 valence electrons. The number of nitrogens with one attached hydrogen (secondary N) is 1.